The number of amides is 3. The van der Waals surface area contributed by atoms with Crippen molar-refractivity contribution in [2.75, 3.05) is 39.9 Å². The fourth-order valence-electron chi connectivity index (χ4n) is 4.75. The summed E-state index contributed by atoms with van der Waals surface area (Å²) in [5.41, 5.74) is 0.449. The van der Waals surface area contributed by atoms with Gasteiger partial charge in [-0.05, 0) is 50.2 Å². The Morgan fingerprint density at radius 1 is 1.20 bits per heavy atom. The molecular weight excluding hydrogens is 380 g/mol. The minimum Gasteiger partial charge on any atom is -0.383 e. The maximum Gasteiger partial charge on any atom is 0.327 e. The molecule has 2 aliphatic rings. The predicted octanol–water partition coefficient (Wildman–Crippen LogP) is 2.80. The van der Waals surface area contributed by atoms with E-state index in [0.29, 0.717) is 44.5 Å². The lowest BCUT2D eigenvalue weighted by molar-refractivity contribution is -0.136. The highest BCUT2D eigenvalue weighted by Crippen LogP contribution is 2.38. The molecule has 3 rings (SSSR count). The van der Waals surface area contributed by atoms with E-state index in [1.807, 2.05) is 23.2 Å². The molecule has 2 aliphatic heterocycles. The Morgan fingerprint density at radius 3 is 2.53 bits per heavy atom. The van der Waals surface area contributed by atoms with Crippen LogP contribution in [0.5, 0.6) is 0 Å². The van der Waals surface area contributed by atoms with Crippen LogP contribution >= 0.6 is 0 Å². The van der Waals surface area contributed by atoms with Crippen molar-refractivity contribution in [2.45, 2.75) is 58.0 Å². The van der Waals surface area contributed by atoms with Crippen molar-refractivity contribution in [3.63, 3.8) is 0 Å². The van der Waals surface area contributed by atoms with Gasteiger partial charge >= 0.3 is 6.03 Å². The topological polar surface area (TPSA) is 66.0 Å². The van der Waals surface area contributed by atoms with E-state index in [4.69, 9.17) is 4.74 Å². The molecule has 3 amide bonds. The van der Waals surface area contributed by atoms with Crippen LogP contribution in [-0.4, -0.2) is 83.1 Å². The second-order valence-electron chi connectivity index (χ2n) is 9.08. The number of nitrogens with zero attached hydrogens (tertiary/aromatic N) is 4. The van der Waals surface area contributed by atoms with E-state index >= 15 is 0 Å². The lowest BCUT2D eigenvalue weighted by atomic mass is 9.85. The van der Waals surface area contributed by atoms with Gasteiger partial charge in [-0.1, -0.05) is 19.9 Å². The lowest BCUT2D eigenvalue weighted by Crippen LogP contribution is -2.58. The number of imide groups is 1. The Morgan fingerprint density at radius 2 is 1.93 bits per heavy atom. The van der Waals surface area contributed by atoms with Gasteiger partial charge in [-0.2, -0.15) is 0 Å². The van der Waals surface area contributed by atoms with Gasteiger partial charge in [0.15, 0.2) is 0 Å². The molecule has 0 aromatic carbocycles. The number of piperidine rings is 1. The van der Waals surface area contributed by atoms with E-state index in [1.54, 1.807) is 13.3 Å². The summed E-state index contributed by atoms with van der Waals surface area (Å²) in [6, 6.07) is 4.15. The van der Waals surface area contributed by atoms with Gasteiger partial charge in [-0.3, -0.25) is 19.6 Å². The summed E-state index contributed by atoms with van der Waals surface area (Å²) < 4.78 is 5.30. The fraction of sp³-hybridized carbons (Fsp3) is 0.696. The number of likely N-dealkylation sites (tertiary alicyclic amines) is 1. The Bertz CT molecular complexity index is 716. The molecule has 7 nitrogen and oxygen atoms in total. The number of methoxy groups -OCH3 is 1. The van der Waals surface area contributed by atoms with E-state index in [1.165, 1.54) is 4.90 Å². The minimum atomic E-state index is -0.682. The van der Waals surface area contributed by atoms with Crippen LogP contribution < -0.4 is 0 Å². The fourth-order valence-corrected chi connectivity index (χ4v) is 4.75. The van der Waals surface area contributed by atoms with Crippen molar-refractivity contribution in [3.8, 4) is 0 Å². The molecule has 3 heterocycles. The Balaban J connectivity index is 1.70. The maximum absolute atomic E-state index is 13.5. The van der Waals surface area contributed by atoms with Gasteiger partial charge in [-0.15, -0.1) is 0 Å². The second-order valence-corrected chi connectivity index (χ2v) is 9.08. The second kappa shape index (κ2) is 9.88. The van der Waals surface area contributed by atoms with Gasteiger partial charge in [0.2, 0.25) is 0 Å². The molecule has 0 aliphatic carbocycles. The highest BCUT2D eigenvalue weighted by molar-refractivity contribution is 6.07. The van der Waals surface area contributed by atoms with E-state index in [9.17, 15) is 9.59 Å². The third-order valence-corrected chi connectivity index (χ3v) is 6.40. The Hall–Kier alpha value is -1.99. The summed E-state index contributed by atoms with van der Waals surface area (Å²) in [7, 11) is 1.72. The lowest BCUT2D eigenvalue weighted by Gasteiger charge is -2.44. The number of carbonyl (C=O) groups excluding carboxylic acids is 2. The minimum absolute atomic E-state index is 0.00150. The van der Waals surface area contributed by atoms with E-state index in [0.717, 1.165) is 31.5 Å². The van der Waals surface area contributed by atoms with Crippen LogP contribution in [0.1, 0.15) is 45.6 Å². The third kappa shape index (κ3) is 4.67. The van der Waals surface area contributed by atoms with Crippen molar-refractivity contribution in [1.29, 1.82) is 0 Å². The summed E-state index contributed by atoms with van der Waals surface area (Å²) >= 11 is 0. The van der Waals surface area contributed by atoms with Crippen LogP contribution in [0.3, 0.4) is 0 Å². The Labute approximate surface area is 180 Å². The first-order chi connectivity index (χ1) is 14.4. The number of hydrogen-bond donors (Lipinski definition) is 0. The molecule has 2 saturated heterocycles. The third-order valence-electron chi connectivity index (χ3n) is 6.40. The molecule has 0 unspecified atom stereocenters. The summed E-state index contributed by atoms with van der Waals surface area (Å²) in [6.45, 7) is 9.74. The largest absolute Gasteiger partial charge is 0.383 e. The first kappa shape index (κ1) is 22.7. The number of urea groups is 1. The first-order valence-electron chi connectivity index (χ1n) is 11.1. The van der Waals surface area contributed by atoms with Crippen LogP contribution in [0.4, 0.5) is 4.79 Å². The summed E-state index contributed by atoms with van der Waals surface area (Å²) in [5.74, 6) is 0.317. The molecule has 1 aromatic heterocycles. The number of aromatic nitrogens is 1. The molecule has 0 radical (unpaired) electrons. The van der Waals surface area contributed by atoms with Crippen LogP contribution in [0, 0.1) is 5.92 Å². The molecule has 30 heavy (non-hydrogen) atoms. The van der Waals surface area contributed by atoms with E-state index in [2.05, 4.69) is 30.7 Å². The average Bonchev–Trinajstić information content (AvgIpc) is 2.91. The molecule has 1 spiro atoms. The van der Waals surface area contributed by atoms with Crippen LogP contribution in [0.25, 0.3) is 0 Å². The zero-order valence-corrected chi connectivity index (χ0v) is 18.8. The van der Waals surface area contributed by atoms with E-state index < -0.39 is 5.54 Å². The highest BCUT2D eigenvalue weighted by Gasteiger charge is 2.57. The molecule has 0 N–H and O–H groups in total. The number of ether oxygens (including phenoxy) is 1. The van der Waals surface area contributed by atoms with Gasteiger partial charge in [-0.25, -0.2) is 4.79 Å². The zero-order valence-electron chi connectivity index (χ0n) is 18.8. The first-order valence-corrected chi connectivity index (χ1v) is 11.1. The smallest absolute Gasteiger partial charge is 0.327 e. The van der Waals surface area contributed by atoms with Crippen molar-refractivity contribution in [3.05, 3.63) is 30.1 Å². The van der Waals surface area contributed by atoms with Crippen LogP contribution in [-0.2, 0) is 16.0 Å². The Kier molecular flexibility index (Phi) is 7.47. The number of hydrogen-bond acceptors (Lipinski definition) is 5. The van der Waals surface area contributed by atoms with Crippen molar-refractivity contribution in [1.82, 2.24) is 19.7 Å². The molecule has 0 bridgehead atoms. The molecule has 1 atom stereocenters. The maximum atomic E-state index is 13.5. The summed E-state index contributed by atoms with van der Waals surface area (Å²) in [4.78, 5) is 36.7. The number of pyridine rings is 1. The normalized spacial score (nSPS) is 20.6. The van der Waals surface area contributed by atoms with Gasteiger partial charge in [0, 0.05) is 51.7 Å². The summed E-state index contributed by atoms with van der Waals surface area (Å²) in [5, 5.41) is 0. The van der Waals surface area contributed by atoms with Gasteiger partial charge in [0.1, 0.15) is 5.54 Å². The molecule has 7 heteroatoms. The van der Waals surface area contributed by atoms with Gasteiger partial charge < -0.3 is 9.64 Å². The van der Waals surface area contributed by atoms with Crippen molar-refractivity contribution < 1.29 is 14.3 Å². The van der Waals surface area contributed by atoms with E-state index in [-0.39, 0.29) is 11.9 Å². The van der Waals surface area contributed by atoms with Crippen LogP contribution in [0.15, 0.2) is 24.5 Å². The number of aryl methyl sites for hydroxylation is 1. The van der Waals surface area contributed by atoms with Crippen LogP contribution in [0.2, 0.25) is 0 Å². The number of carbonyl (C=O) groups is 2. The molecule has 0 saturated carbocycles. The van der Waals surface area contributed by atoms with Crippen molar-refractivity contribution >= 4 is 11.9 Å². The molecular formula is C23H36N4O3. The standard InChI is InChI=1S/C23H36N4O3/c1-18(2)16-27-22(29)26(12-6-8-20-7-5-11-24-15-20)21(28)23(27)9-13-25(14-10-23)19(3)17-30-4/h5,7,11,15,18-19H,6,8-10,12-14,16-17H2,1-4H3/t19-/m0/s1. The highest BCUT2D eigenvalue weighted by atomic mass is 16.5. The molecule has 1 aromatic rings. The molecule has 166 valence electrons. The summed E-state index contributed by atoms with van der Waals surface area (Å²) in [6.07, 6.45) is 6.55. The molecule has 2 fully saturated rings. The van der Waals surface area contributed by atoms with Crippen molar-refractivity contribution in [2.24, 2.45) is 5.92 Å². The quantitative estimate of drug-likeness (QED) is 0.579. The van der Waals surface area contributed by atoms with Gasteiger partial charge in [0.05, 0.1) is 6.61 Å². The monoisotopic (exact) mass is 416 g/mol. The predicted molar refractivity (Wildman–Crippen MR) is 116 cm³/mol. The average molecular weight is 417 g/mol. The van der Waals surface area contributed by atoms with Gasteiger partial charge in [0.25, 0.3) is 5.91 Å². The number of rotatable bonds is 9. The SMILES string of the molecule is COC[C@H](C)N1CCC2(CC1)C(=O)N(CCCc1cccnc1)C(=O)N2CC(C)C. The zero-order chi connectivity index (χ0) is 21.7.